The van der Waals surface area contributed by atoms with Crippen LogP contribution in [0.5, 0.6) is 5.75 Å². The van der Waals surface area contributed by atoms with Crippen LogP contribution in [-0.2, 0) is 0 Å². The Morgan fingerprint density at radius 3 is 2.70 bits per heavy atom. The van der Waals surface area contributed by atoms with Crippen LogP contribution < -0.4 is 20.9 Å². The van der Waals surface area contributed by atoms with Crippen molar-refractivity contribution in [3.63, 3.8) is 0 Å². The highest BCUT2D eigenvalue weighted by atomic mass is 32.1. The van der Waals surface area contributed by atoms with Crippen molar-refractivity contribution < 1.29 is 9.53 Å². The third-order valence-electron chi connectivity index (χ3n) is 5.55. The third kappa shape index (κ3) is 3.90. The summed E-state index contributed by atoms with van der Waals surface area (Å²) in [5, 5.41) is 10.7. The number of carbonyl (C=O) groups is 1. The molecule has 2 aliphatic rings. The number of ether oxygens (including phenoxy) is 1. The standard InChI is InChI=1S/C19H23N5O2S/c1-26-14-6-4-12(5-7-14)16-10-17(22-21-16)18(25)23-24-19(27)20-15-9-11-2-3-13(15)8-11/h4-7,10-11,13,15H,2-3,8-9H2,1H3,(H,21,22)(H,23,25)(H2,20,24,27)/t11-,13-,15+/m1/s1. The molecule has 2 aliphatic carbocycles. The Morgan fingerprint density at radius 2 is 2.04 bits per heavy atom. The molecule has 1 aromatic carbocycles. The van der Waals surface area contributed by atoms with Gasteiger partial charge in [-0.15, -0.1) is 0 Å². The molecule has 2 saturated carbocycles. The number of nitrogens with zero attached hydrogens (tertiary/aromatic N) is 1. The maximum atomic E-state index is 12.3. The van der Waals surface area contributed by atoms with E-state index >= 15 is 0 Å². The van der Waals surface area contributed by atoms with E-state index in [1.54, 1.807) is 13.2 Å². The number of carbonyl (C=O) groups excluding carboxylic acids is 1. The van der Waals surface area contributed by atoms with Crippen molar-refractivity contribution in [2.75, 3.05) is 7.11 Å². The first-order valence-corrected chi connectivity index (χ1v) is 9.60. The second kappa shape index (κ2) is 7.56. The lowest BCUT2D eigenvalue weighted by atomic mass is 9.96. The van der Waals surface area contributed by atoms with Crippen molar-refractivity contribution in [2.24, 2.45) is 11.8 Å². The summed E-state index contributed by atoms with van der Waals surface area (Å²) in [5.74, 6) is 2.00. The fraction of sp³-hybridized carbons (Fsp3) is 0.421. The maximum Gasteiger partial charge on any atom is 0.287 e. The zero-order valence-electron chi connectivity index (χ0n) is 15.1. The van der Waals surface area contributed by atoms with Gasteiger partial charge in [-0.25, -0.2) is 0 Å². The Kier molecular flexibility index (Phi) is 4.98. The minimum absolute atomic E-state index is 0.320. The minimum atomic E-state index is -0.320. The first kappa shape index (κ1) is 17.8. The van der Waals surface area contributed by atoms with E-state index in [0.717, 1.165) is 17.2 Å². The molecule has 3 atom stereocenters. The second-order valence-corrected chi connectivity index (χ2v) is 7.64. The summed E-state index contributed by atoms with van der Waals surface area (Å²) >= 11 is 5.31. The molecule has 27 heavy (non-hydrogen) atoms. The summed E-state index contributed by atoms with van der Waals surface area (Å²) in [4.78, 5) is 12.3. The number of hydrogen-bond acceptors (Lipinski definition) is 4. The number of nitrogens with one attached hydrogen (secondary N) is 4. The average molecular weight is 385 g/mol. The third-order valence-corrected chi connectivity index (χ3v) is 5.77. The Hall–Kier alpha value is -2.61. The predicted molar refractivity (Wildman–Crippen MR) is 106 cm³/mol. The smallest absolute Gasteiger partial charge is 0.287 e. The van der Waals surface area contributed by atoms with Crippen LogP contribution in [0.25, 0.3) is 11.3 Å². The van der Waals surface area contributed by atoms with E-state index in [-0.39, 0.29) is 5.91 Å². The average Bonchev–Trinajstić information content (AvgIpc) is 3.43. The van der Waals surface area contributed by atoms with Gasteiger partial charge in [-0.1, -0.05) is 6.42 Å². The van der Waals surface area contributed by atoms with Gasteiger partial charge in [0.2, 0.25) is 0 Å². The van der Waals surface area contributed by atoms with Gasteiger partial charge in [-0.2, -0.15) is 5.10 Å². The van der Waals surface area contributed by atoms with Crippen LogP contribution in [0.1, 0.15) is 36.2 Å². The highest BCUT2D eigenvalue weighted by molar-refractivity contribution is 7.80. The molecule has 1 amide bonds. The number of methoxy groups -OCH3 is 1. The molecule has 2 fully saturated rings. The number of fused-ring (bicyclic) bond motifs is 2. The van der Waals surface area contributed by atoms with E-state index < -0.39 is 0 Å². The molecule has 0 unspecified atom stereocenters. The van der Waals surface area contributed by atoms with Crippen LogP contribution in [0.3, 0.4) is 0 Å². The SMILES string of the molecule is COc1ccc(-c2cc(C(=O)NNC(=S)N[C@H]3C[C@@H]4CC[C@@H]3C4)[nH]n2)cc1. The predicted octanol–water partition coefficient (Wildman–Crippen LogP) is 2.38. The monoisotopic (exact) mass is 385 g/mol. The molecule has 4 rings (SSSR count). The Morgan fingerprint density at radius 1 is 1.22 bits per heavy atom. The van der Waals surface area contributed by atoms with Gasteiger partial charge in [0.25, 0.3) is 5.91 Å². The molecule has 7 nitrogen and oxygen atoms in total. The first-order valence-electron chi connectivity index (χ1n) is 9.19. The molecule has 4 N–H and O–H groups in total. The van der Waals surface area contributed by atoms with E-state index in [1.807, 2.05) is 24.3 Å². The number of benzene rings is 1. The fourth-order valence-corrected chi connectivity index (χ4v) is 4.36. The Labute approximate surface area is 163 Å². The summed E-state index contributed by atoms with van der Waals surface area (Å²) in [6.45, 7) is 0. The molecule has 2 bridgehead atoms. The summed E-state index contributed by atoms with van der Waals surface area (Å²) in [6.07, 6.45) is 5.09. The number of hydrazine groups is 1. The van der Waals surface area contributed by atoms with Crippen LogP contribution in [-0.4, -0.2) is 34.4 Å². The van der Waals surface area contributed by atoms with Crippen LogP contribution in [0, 0.1) is 11.8 Å². The van der Waals surface area contributed by atoms with Crippen molar-refractivity contribution >= 4 is 23.2 Å². The number of amides is 1. The molecule has 2 aromatic rings. The van der Waals surface area contributed by atoms with Gasteiger partial charge in [0.15, 0.2) is 5.11 Å². The van der Waals surface area contributed by atoms with Crippen LogP contribution in [0.15, 0.2) is 30.3 Å². The van der Waals surface area contributed by atoms with Crippen molar-refractivity contribution in [1.82, 2.24) is 26.4 Å². The van der Waals surface area contributed by atoms with E-state index in [9.17, 15) is 4.79 Å². The van der Waals surface area contributed by atoms with E-state index in [2.05, 4.69) is 26.4 Å². The molecule has 0 aliphatic heterocycles. The number of aromatic nitrogens is 2. The molecule has 1 heterocycles. The van der Waals surface area contributed by atoms with Gasteiger partial charge in [0, 0.05) is 11.6 Å². The Balaban J connectivity index is 1.29. The lowest BCUT2D eigenvalue weighted by Crippen LogP contribution is -2.50. The summed E-state index contributed by atoms with van der Waals surface area (Å²) in [7, 11) is 1.62. The van der Waals surface area contributed by atoms with Crippen molar-refractivity contribution in [3.05, 3.63) is 36.0 Å². The quantitative estimate of drug-likeness (QED) is 0.477. The molecule has 1 aromatic heterocycles. The fourth-order valence-electron chi connectivity index (χ4n) is 4.15. The normalized spacial score (nSPS) is 23.1. The second-order valence-electron chi connectivity index (χ2n) is 7.23. The largest absolute Gasteiger partial charge is 0.497 e. The highest BCUT2D eigenvalue weighted by Crippen LogP contribution is 2.44. The van der Waals surface area contributed by atoms with Gasteiger partial charge in [-0.05, 0) is 73.6 Å². The van der Waals surface area contributed by atoms with Crippen molar-refractivity contribution in [1.29, 1.82) is 0 Å². The zero-order chi connectivity index (χ0) is 18.8. The molecule has 0 saturated heterocycles. The summed E-state index contributed by atoms with van der Waals surface area (Å²) in [5.41, 5.74) is 7.34. The molecule has 8 heteroatoms. The zero-order valence-corrected chi connectivity index (χ0v) is 15.9. The van der Waals surface area contributed by atoms with Crippen molar-refractivity contribution in [2.45, 2.75) is 31.7 Å². The summed E-state index contributed by atoms with van der Waals surface area (Å²) in [6, 6.07) is 9.61. The van der Waals surface area contributed by atoms with Gasteiger partial charge in [0.05, 0.1) is 12.8 Å². The lowest BCUT2D eigenvalue weighted by molar-refractivity contribution is 0.0938. The van der Waals surface area contributed by atoms with E-state index in [0.29, 0.717) is 28.5 Å². The molecular weight excluding hydrogens is 362 g/mol. The highest BCUT2D eigenvalue weighted by Gasteiger charge is 2.39. The van der Waals surface area contributed by atoms with Crippen LogP contribution in [0.4, 0.5) is 0 Å². The number of thiocarbonyl (C=S) groups is 1. The summed E-state index contributed by atoms with van der Waals surface area (Å²) < 4.78 is 5.15. The molecule has 0 spiro atoms. The molecule has 0 radical (unpaired) electrons. The van der Waals surface area contributed by atoms with Gasteiger partial charge in [-0.3, -0.25) is 20.7 Å². The maximum absolute atomic E-state index is 12.3. The van der Waals surface area contributed by atoms with Gasteiger partial charge in [0.1, 0.15) is 11.4 Å². The van der Waals surface area contributed by atoms with E-state index in [1.165, 1.54) is 25.7 Å². The van der Waals surface area contributed by atoms with Gasteiger partial charge < -0.3 is 10.1 Å². The number of hydrogen-bond donors (Lipinski definition) is 4. The lowest BCUT2D eigenvalue weighted by Gasteiger charge is -2.24. The van der Waals surface area contributed by atoms with E-state index in [4.69, 9.17) is 17.0 Å². The van der Waals surface area contributed by atoms with Crippen molar-refractivity contribution in [3.8, 4) is 17.0 Å². The topological polar surface area (TPSA) is 91.1 Å². The minimum Gasteiger partial charge on any atom is -0.497 e. The van der Waals surface area contributed by atoms with Crippen LogP contribution in [0.2, 0.25) is 0 Å². The van der Waals surface area contributed by atoms with Gasteiger partial charge >= 0.3 is 0 Å². The number of H-pyrrole nitrogens is 1. The number of aromatic amines is 1. The Bertz CT molecular complexity index is 835. The molecular formula is C19H23N5O2S. The first-order chi connectivity index (χ1) is 13.1. The van der Waals surface area contributed by atoms with Crippen LogP contribution >= 0.6 is 12.2 Å². The number of rotatable bonds is 4. The molecule has 142 valence electrons.